The summed E-state index contributed by atoms with van der Waals surface area (Å²) < 4.78 is 10.9. The molecule has 1 saturated heterocycles. The highest BCUT2D eigenvalue weighted by Gasteiger charge is 2.20. The van der Waals surface area contributed by atoms with Crippen LogP contribution in [0.4, 0.5) is 5.69 Å². The maximum atomic E-state index is 11.7. The quantitative estimate of drug-likeness (QED) is 0.355. The smallest absolute Gasteiger partial charge is 0.287 e. The predicted octanol–water partition coefficient (Wildman–Crippen LogP) is 2.14. The summed E-state index contributed by atoms with van der Waals surface area (Å²) in [4.78, 5) is 25.7. The van der Waals surface area contributed by atoms with Crippen molar-refractivity contribution in [1.82, 2.24) is 15.6 Å². The average Bonchev–Trinajstić information content (AvgIpc) is 2.93. The molecule has 2 aromatic rings. The number of carbonyl (C=O) groups excluding carboxylic acids is 1. The molecular formula is C16H12N4O5S. The standard InChI is InChI=1S/C16H12N4O5S/c1-24-13-7-9(6-11-15(21)19-16(26)18-11)2-4-12(13)25-14-5-3-10(8-17-14)20(22)23/h2-8H,1H3,(H2,18,19,21,26). The first kappa shape index (κ1) is 17.3. The first-order chi connectivity index (χ1) is 12.5. The summed E-state index contributed by atoms with van der Waals surface area (Å²) in [5, 5.41) is 16.1. The summed E-state index contributed by atoms with van der Waals surface area (Å²) >= 11 is 4.88. The second kappa shape index (κ2) is 7.15. The number of methoxy groups -OCH3 is 1. The topological polar surface area (TPSA) is 116 Å². The van der Waals surface area contributed by atoms with Gasteiger partial charge in [-0.25, -0.2) is 4.98 Å². The lowest BCUT2D eigenvalue weighted by molar-refractivity contribution is -0.385. The molecule has 0 atom stereocenters. The third kappa shape index (κ3) is 3.75. The monoisotopic (exact) mass is 372 g/mol. The van der Waals surface area contributed by atoms with Gasteiger partial charge in [-0.3, -0.25) is 20.2 Å². The second-order valence-corrected chi connectivity index (χ2v) is 5.50. The summed E-state index contributed by atoms with van der Waals surface area (Å²) in [5.74, 6) is 0.641. The molecule has 1 aliphatic heterocycles. The van der Waals surface area contributed by atoms with Crippen LogP contribution in [0.2, 0.25) is 0 Å². The zero-order valence-electron chi connectivity index (χ0n) is 13.4. The second-order valence-electron chi connectivity index (χ2n) is 5.09. The zero-order valence-corrected chi connectivity index (χ0v) is 14.2. The predicted molar refractivity (Wildman–Crippen MR) is 95.8 cm³/mol. The van der Waals surface area contributed by atoms with Gasteiger partial charge in [-0.1, -0.05) is 6.07 Å². The maximum absolute atomic E-state index is 11.7. The first-order valence-corrected chi connectivity index (χ1v) is 7.67. The molecule has 1 aromatic carbocycles. The summed E-state index contributed by atoms with van der Waals surface area (Å²) in [6.07, 6.45) is 2.72. The third-order valence-corrected chi connectivity index (χ3v) is 3.57. The van der Waals surface area contributed by atoms with Crippen molar-refractivity contribution in [1.29, 1.82) is 0 Å². The van der Waals surface area contributed by atoms with E-state index in [1.807, 2.05) is 0 Å². The Morgan fingerprint density at radius 2 is 2.04 bits per heavy atom. The van der Waals surface area contributed by atoms with Crippen LogP contribution >= 0.6 is 12.2 Å². The molecule has 10 heteroatoms. The molecule has 2 N–H and O–H groups in total. The summed E-state index contributed by atoms with van der Waals surface area (Å²) in [6, 6.07) is 7.71. The third-order valence-electron chi connectivity index (χ3n) is 3.36. The molecule has 26 heavy (non-hydrogen) atoms. The number of carbonyl (C=O) groups is 1. The zero-order chi connectivity index (χ0) is 18.7. The van der Waals surface area contributed by atoms with Gasteiger partial charge in [0.05, 0.1) is 12.0 Å². The number of hydrogen-bond donors (Lipinski definition) is 2. The molecule has 0 spiro atoms. The van der Waals surface area contributed by atoms with Crippen molar-refractivity contribution in [2.75, 3.05) is 7.11 Å². The van der Waals surface area contributed by atoms with E-state index >= 15 is 0 Å². The number of nitro groups is 1. The van der Waals surface area contributed by atoms with E-state index in [0.717, 1.165) is 6.20 Å². The van der Waals surface area contributed by atoms with E-state index in [1.54, 1.807) is 24.3 Å². The van der Waals surface area contributed by atoms with Gasteiger partial charge in [0.15, 0.2) is 16.6 Å². The van der Waals surface area contributed by atoms with Crippen molar-refractivity contribution in [3.63, 3.8) is 0 Å². The summed E-state index contributed by atoms with van der Waals surface area (Å²) in [6.45, 7) is 0. The average molecular weight is 372 g/mol. The van der Waals surface area contributed by atoms with Crippen LogP contribution in [-0.2, 0) is 4.79 Å². The summed E-state index contributed by atoms with van der Waals surface area (Å²) in [7, 11) is 1.47. The van der Waals surface area contributed by atoms with Gasteiger partial charge in [0.25, 0.3) is 11.6 Å². The number of ether oxygens (including phenoxy) is 2. The molecular weight excluding hydrogens is 360 g/mol. The number of thiocarbonyl (C=S) groups is 1. The van der Waals surface area contributed by atoms with Gasteiger partial charge in [0, 0.05) is 12.1 Å². The molecule has 0 bridgehead atoms. The number of benzene rings is 1. The van der Waals surface area contributed by atoms with Crippen LogP contribution in [0.1, 0.15) is 5.56 Å². The van der Waals surface area contributed by atoms with Gasteiger partial charge in [-0.2, -0.15) is 0 Å². The number of pyridine rings is 1. The van der Waals surface area contributed by atoms with Crippen molar-refractivity contribution >= 4 is 35.0 Å². The highest BCUT2D eigenvalue weighted by molar-refractivity contribution is 7.80. The van der Waals surface area contributed by atoms with Gasteiger partial charge >= 0.3 is 0 Å². The Hall–Kier alpha value is -3.53. The minimum atomic E-state index is -0.543. The van der Waals surface area contributed by atoms with E-state index in [0.29, 0.717) is 22.8 Å². The Labute approximate surface area is 152 Å². The van der Waals surface area contributed by atoms with Crippen LogP contribution in [0.5, 0.6) is 17.4 Å². The molecule has 9 nitrogen and oxygen atoms in total. The molecule has 0 saturated carbocycles. The Balaban J connectivity index is 1.83. The molecule has 0 radical (unpaired) electrons. The number of rotatable bonds is 5. The first-order valence-electron chi connectivity index (χ1n) is 7.26. The van der Waals surface area contributed by atoms with Gasteiger partial charge in [-0.15, -0.1) is 0 Å². The largest absolute Gasteiger partial charge is 0.493 e. The summed E-state index contributed by atoms with van der Waals surface area (Å²) in [5.41, 5.74) is 0.877. The van der Waals surface area contributed by atoms with E-state index in [-0.39, 0.29) is 22.6 Å². The molecule has 1 fully saturated rings. The van der Waals surface area contributed by atoms with Crippen LogP contribution in [0.15, 0.2) is 42.2 Å². The molecule has 132 valence electrons. The Bertz CT molecular complexity index is 927. The number of amides is 1. The molecule has 1 aromatic heterocycles. The maximum Gasteiger partial charge on any atom is 0.287 e. The molecule has 1 amide bonds. The Kier molecular flexibility index (Phi) is 4.76. The van der Waals surface area contributed by atoms with Crippen LogP contribution in [0.25, 0.3) is 6.08 Å². The van der Waals surface area contributed by atoms with Gasteiger partial charge in [0.2, 0.25) is 5.88 Å². The van der Waals surface area contributed by atoms with Crippen molar-refractivity contribution in [2.24, 2.45) is 0 Å². The van der Waals surface area contributed by atoms with Gasteiger partial charge < -0.3 is 14.8 Å². The Morgan fingerprint density at radius 3 is 2.62 bits per heavy atom. The van der Waals surface area contributed by atoms with E-state index in [9.17, 15) is 14.9 Å². The number of nitrogens with zero attached hydrogens (tertiary/aromatic N) is 2. The SMILES string of the molecule is COc1cc(C=C2NC(=S)NC2=O)ccc1Oc1ccc([N+](=O)[O-])cn1. The lowest BCUT2D eigenvalue weighted by atomic mass is 10.1. The molecule has 3 rings (SSSR count). The van der Waals surface area contributed by atoms with E-state index in [4.69, 9.17) is 21.7 Å². The van der Waals surface area contributed by atoms with Crippen molar-refractivity contribution in [2.45, 2.75) is 0 Å². The molecule has 0 aliphatic carbocycles. The van der Waals surface area contributed by atoms with Crippen LogP contribution < -0.4 is 20.1 Å². The van der Waals surface area contributed by atoms with Crippen molar-refractivity contribution < 1.29 is 19.2 Å². The van der Waals surface area contributed by atoms with E-state index in [2.05, 4.69) is 15.6 Å². The fourth-order valence-electron chi connectivity index (χ4n) is 2.16. The minimum Gasteiger partial charge on any atom is -0.493 e. The van der Waals surface area contributed by atoms with Crippen molar-refractivity contribution in [3.8, 4) is 17.4 Å². The Morgan fingerprint density at radius 1 is 1.23 bits per heavy atom. The lowest BCUT2D eigenvalue weighted by Gasteiger charge is -2.10. The van der Waals surface area contributed by atoms with Gasteiger partial charge in [0.1, 0.15) is 11.9 Å². The highest BCUT2D eigenvalue weighted by Crippen LogP contribution is 2.32. The van der Waals surface area contributed by atoms with E-state index in [1.165, 1.54) is 19.2 Å². The van der Waals surface area contributed by atoms with Crippen molar-refractivity contribution in [3.05, 3.63) is 57.9 Å². The number of hydrogen-bond acceptors (Lipinski definition) is 7. The minimum absolute atomic E-state index is 0.133. The van der Waals surface area contributed by atoms with Crippen LogP contribution in [-0.4, -0.2) is 28.0 Å². The molecule has 2 heterocycles. The van der Waals surface area contributed by atoms with E-state index < -0.39 is 4.92 Å². The normalized spacial score (nSPS) is 14.7. The highest BCUT2D eigenvalue weighted by atomic mass is 32.1. The van der Waals surface area contributed by atoms with Crippen LogP contribution in [0.3, 0.4) is 0 Å². The number of nitrogens with one attached hydrogen (secondary N) is 2. The number of aromatic nitrogens is 1. The lowest BCUT2D eigenvalue weighted by Crippen LogP contribution is -2.21. The fraction of sp³-hybridized carbons (Fsp3) is 0.0625. The van der Waals surface area contributed by atoms with Crippen LogP contribution in [0, 0.1) is 10.1 Å². The molecule has 1 aliphatic rings. The van der Waals surface area contributed by atoms with Gasteiger partial charge in [-0.05, 0) is 36.0 Å². The fourth-order valence-corrected chi connectivity index (χ4v) is 2.36. The molecule has 0 unspecified atom stereocenters.